The fraction of sp³-hybridized carbons (Fsp3) is 0.0952. The first-order chi connectivity index (χ1) is 15.4. The second kappa shape index (κ2) is 10.4. The minimum absolute atomic E-state index is 0.00565. The number of hydrogen-bond donors (Lipinski definition) is 1. The van der Waals surface area contributed by atoms with Crippen LogP contribution in [0.5, 0.6) is 11.5 Å². The predicted octanol–water partition coefficient (Wildman–Crippen LogP) is 5.30. The number of nitro benzene ring substituents is 2. The van der Waals surface area contributed by atoms with Gasteiger partial charge >= 0.3 is 0 Å². The Morgan fingerprint density at radius 1 is 1.03 bits per heavy atom. The quantitative estimate of drug-likeness (QED) is 0.239. The highest BCUT2D eigenvalue weighted by Gasteiger charge is 2.13. The van der Waals surface area contributed by atoms with Crippen LogP contribution in [0.4, 0.5) is 17.1 Å². The van der Waals surface area contributed by atoms with Gasteiger partial charge in [-0.1, -0.05) is 12.1 Å². The van der Waals surface area contributed by atoms with Gasteiger partial charge < -0.3 is 9.47 Å². The van der Waals surface area contributed by atoms with Crippen LogP contribution in [0.2, 0.25) is 0 Å². The molecule has 0 radical (unpaired) electrons. The van der Waals surface area contributed by atoms with E-state index in [-0.39, 0.29) is 18.0 Å². The molecule has 3 rings (SSSR count). The lowest BCUT2D eigenvalue weighted by Crippen LogP contribution is -2.00. The highest BCUT2D eigenvalue weighted by molar-refractivity contribution is 9.10. The standard InChI is InChI=1S/C21H17BrN4O6/c1-31-20-11-15(12-23-24-16-5-7-17(8-6-16)25(27)28)10-19(22)21(20)32-13-14-3-2-4-18(9-14)26(29)30/h2-12,24H,13H2,1H3/b23-12+. The molecule has 11 heteroatoms. The third-order valence-corrected chi connectivity index (χ3v) is 4.83. The summed E-state index contributed by atoms with van der Waals surface area (Å²) in [6.45, 7) is 0.117. The summed E-state index contributed by atoms with van der Waals surface area (Å²) in [6, 6.07) is 15.5. The molecule has 3 aromatic carbocycles. The van der Waals surface area contributed by atoms with Crippen molar-refractivity contribution in [1.82, 2.24) is 0 Å². The highest BCUT2D eigenvalue weighted by atomic mass is 79.9. The van der Waals surface area contributed by atoms with Crippen LogP contribution in [0.1, 0.15) is 11.1 Å². The van der Waals surface area contributed by atoms with Crippen molar-refractivity contribution in [3.05, 3.63) is 96.5 Å². The first-order valence-corrected chi connectivity index (χ1v) is 9.94. The molecule has 0 atom stereocenters. The van der Waals surface area contributed by atoms with Crippen LogP contribution in [0.3, 0.4) is 0 Å². The number of hydrogen-bond acceptors (Lipinski definition) is 8. The lowest BCUT2D eigenvalue weighted by atomic mass is 10.2. The highest BCUT2D eigenvalue weighted by Crippen LogP contribution is 2.37. The molecule has 0 heterocycles. The van der Waals surface area contributed by atoms with Crippen molar-refractivity contribution in [3.8, 4) is 11.5 Å². The Kier molecular flexibility index (Phi) is 7.34. The molecule has 3 aromatic rings. The molecule has 0 bridgehead atoms. The van der Waals surface area contributed by atoms with E-state index in [1.807, 2.05) is 0 Å². The van der Waals surface area contributed by atoms with Crippen LogP contribution in [0.25, 0.3) is 0 Å². The second-order valence-electron chi connectivity index (χ2n) is 6.42. The van der Waals surface area contributed by atoms with E-state index in [0.29, 0.717) is 32.8 Å². The monoisotopic (exact) mass is 500 g/mol. The van der Waals surface area contributed by atoms with Crippen molar-refractivity contribution in [2.75, 3.05) is 12.5 Å². The minimum atomic E-state index is -0.473. The van der Waals surface area contributed by atoms with E-state index in [1.165, 1.54) is 31.4 Å². The van der Waals surface area contributed by atoms with Gasteiger partial charge in [0.15, 0.2) is 11.5 Å². The van der Waals surface area contributed by atoms with Gasteiger partial charge in [-0.05, 0) is 51.3 Å². The number of nitrogens with zero attached hydrogens (tertiary/aromatic N) is 3. The predicted molar refractivity (Wildman–Crippen MR) is 122 cm³/mol. The Balaban J connectivity index is 1.70. The summed E-state index contributed by atoms with van der Waals surface area (Å²) >= 11 is 3.45. The number of ether oxygens (including phenoxy) is 2. The molecule has 0 aromatic heterocycles. The Hall–Kier alpha value is -3.99. The number of non-ortho nitro benzene ring substituents is 2. The normalized spacial score (nSPS) is 10.7. The molecule has 0 amide bonds. The van der Waals surface area contributed by atoms with Gasteiger partial charge in [0.1, 0.15) is 6.61 Å². The lowest BCUT2D eigenvalue weighted by Gasteiger charge is -2.13. The van der Waals surface area contributed by atoms with Crippen LogP contribution < -0.4 is 14.9 Å². The maximum absolute atomic E-state index is 10.9. The number of anilines is 1. The maximum atomic E-state index is 10.9. The topological polar surface area (TPSA) is 129 Å². The molecule has 0 aliphatic carbocycles. The molecular weight excluding hydrogens is 484 g/mol. The summed E-state index contributed by atoms with van der Waals surface area (Å²) in [5.41, 5.74) is 4.72. The summed E-state index contributed by atoms with van der Waals surface area (Å²) in [5.74, 6) is 0.890. The summed E-state index contributed by atoms with van der Waals surface area (Å²) in [5, 5.41) is 25.8. The molecule has 0 aliphatic heterocycles. The van der Waals surface area contributed by atoms with Gasteiger partial charge in [-0.25, -0.2) is 0 Å². The number of nitro groups is 2. The van der Waals surface area contributed by atoms with E-state index < -0.39 is 9.85 Å². The number of halogens is 1. The fourth-order valence-corrected chi connectivity index (χ4v) is 3.28. The lowest BCUT2D eigenvalue weighted by molar-refractivity contribution is -0.385. The van der Waals surface area contributed by atoms with Gasteiger partial charge in [-0.15, -0.1) is 0 Å². The Bertz CT molecular complexity index is 1170. The SMILES string of the molecule is COc1cc(/C=N/Nc2ccc([N+](=O)[O-])cc2)cc(Br)c1OCc1cccc([N+](=O)[O-])c1. The van der Waals surface area contributed by atoms with Gasteiger partial charge in [0.2, 0.25) is 0 Å². The van der Waals surface area contributed by atoms with E-state index in [0.717, 1.165) is 0 Å². The van der Waals surface area contributed by atoms with Crippen molar-refractivity contribution in [2.24, 2.45) is 5.10 Å². The molecule has 0 saturated carbocycles. The van der Waals surface area contributed by atoms with Crippen LogP contribution in [-0.2, 0) is 6.61 Å². The first-order valence-electron chi connectivity index (χ1n) is 9.14. The van der Waals surface area contributed by atoms with Crippen LogP contribution in [0.15, 0.2) is 70.2 Å². The number of hydrazone groups is 1. The minimum Gasteiger partial charge on any atom is -0.493 e. The van der Waals surface area contributed by atoms with Crippen molar-refractivity contribution in [3.63, 3.8) is 0 Å². The molecule has 1 N–H and O–H groups in total. The number of methoxy groups -OCH3 is 1. The van der Waals surface area contributed by atoms with E-state index >= 15 is 0 Å². The van der Waals surface area contributed by atoms with E-state index in [1.54, 1.807) is 42.6 Å². The van der Waals surface area contributed by atoms with E-state index in [9.17, 15) is 20.2 Å². The summed E-state index contributed by atoms with van der Waals surface area (Å²) in [7, 11) is 1.50. The molecule has 164 valence electrons. The molecular formula is C21H17BrN4O6. The third-order valence-electron chi connectivity index (χ3n) is 4.24. The molecule has 0 unspecified atom stereocenters. The Morgan fingerprint density at radius 3 is 2.41 bits per heavy atom. The van der Waals surface area contributed by atoms with Crippen LogP contribution in [0, 0.1) is 20.2 Å². The third kappa shape index (κ3) is 5.79. The second-order valence-corrected chi connectivity index (χ2v) is 7.28. The van der Waals surface area contributed by atoms with Crippen molar-refractivity contribution in [1.29, 1.82) is 0 Å². The molecule has 0 spiro atoms. The van der Waals surface area contributed by atoms with Crippen molar-refractivity contribution in [2.45, 2.75) is 6.61 Å². The zero-order valence-electron chi connectivity index (χ0n) is 16.7. The molecule has 10 nitrogen and oxygen atoms in total. The Labute approximate surface area is 190 Å². The molecule has 0 saturated heterocycles. The average Bonchev–Trinajstić information content (AvgIpc) is 2.78. The van der Waals surface area contributed by atoms with E-state index in [2.05, 4.69) is 26.5 Å². The molecule has 0 aliphatic rings. The van der Waals surface area contributed by atoms with Gasteiger partial charge in [0.05, 0.1) is 33.3 Å². The van der Waals surface area contributed by atoms with Crippen molar-refractivity contribution >= 4 is 39.2 Å². The zero-order valence-corrected chi connectivity index (χ0v) is 18.3. The number of rotatable bonds is 9. The Morgan fingerprint density at radius 2 is 1.75 bits per heavy atom. The fourth-order valence-electron chi connectivity index (χ4n) is 2.71. The van der Waals surface area contributed by atoms with Crippen LogP contribution in [-0.4, -0.2) is 23.2 Å². The maximum Gasteiger partial charge on any atom is 0.269 e. The van der Waals surface area contributed by atoms with Gasteiger partial charge in [0, 0.05) is 24.3 Å². The summed E-state index contributed by atoms with van der Waals surface area (Å²) in [4.78, 5) is 20.7. The summed E-state index contributed by atoms with van der Waals surface area (Å²) in [6.07, 6.45) is 1.55. The number of nitrogens with one attached hydrogen (secondary N) is 1. The van der Waals surface area contributed by atoms with Gasteiger partial charge in [-0.2, -0.15) is 5.10 Å². The molecule has 0 fully saturated rings. The van der Waals surface area contributed by atoms with Gasteiger partial charge in [-0.3, -0.25) is 25.7 Å². The molecule has 32 heavy (non-hydrogen) atoms. The van der Waals surface area contributed by atoms with E-state index in [4.69, 9.17) is 9.47 Å². The van der Waals surface area contributed by atoms with Crippen LogP contribution >= 0.6 is 15.9 Å². The first kappa shape index (κ1) is 22.7. The summed E-state index contributed by atoms with van der Waals surface area (Å²) < 4.78 is 11.8. The zero-order chi connectivity index (χ0) is 23.1. The number of benzene rings is 3. The van der Waals surface area contributed by atoms with Crippen molar-refractivity contribution < 1.29 is 19.3 Å². The largest absolute Gasteiger partial charge is 0.493 e. The smallest absolute Gasteiger partial charge is 0.269 e. The average molecular weight is 501 g/mol. The van der Waals surface area contributed by atoms with Gasteiger partial charge in [0.25, 0.3) is 11.4 Å².